The van der Waals surface area contributed by atoms with Crippen LogP contribution in [0.25, 0.3) is 0 Å². The molecule has 1 nitrogen and oxygen atoms in total. The molecule has 2 aliphatic rings. The first-order chi connectivity index (χ1) is 8.52. The third-order valence-corrected chi connectivity index (χ3v) is 5.63. The number of hydrogen-bond donors (Lipinski definition) is 1. The van der Waals surface area contributed by atoms with Gasteiger partial charge in [-0.2, -0.15) is 0 Å². The van der Waals surface area contributed by atoms with E-state index in [-0.39, 0.29) is 0 Å². The normalized spacial score (nSPS) is 40.7. The van der Waals surface area contributed by atoms with Crippen LogP contribution in [-0.4, -0.2) is 13.6 Å². The summed E-state index contributed by atoms with van der Waals surface area (Å²) in [5.74, 6) is 3.93. The van der Waals surface area contributed by atoms with E-state index in [4.69, 9.17) is 0 Å². The molecule has 0 aliphatic heterocycles. The maximum atomic E-state index is 3.45. The molecule has 0 radical (unpaired) electrons. The molecule has 0 aromatic carbocycles. The smallest absolute Gasteiger partial charge is 0.00208 e. The molecule has 0 amide bonds. The molecule has 1 N–H and O–H groups in total. The zero-order valence-corrected chi connectivity index (χ0v) is 13.0. The zero-order valence-electron chi connectivity index (χ0n) is 13.0. The van der Waals surface area contributed by atoms with Crippen molar-refractivity contribution in [1.82, 2.24) is 5.32 Å². The highest BCUT2D eigenvalue weighted by Gasteiger charge is 2.39. The van der Waals surface area contributed by atoms with Gasteiger partial charge in [0, 0.05) is 0 Å². The van der Waals surface area contributed by atoms with E-state index in [0.29, 0.717) is 5.41 Å². The Kier molecular flexibility index (Phi) is 4.75. The second-order valence-electron chi connectivity index (χ2n) is 7.92. The first-order valence-electron chi connectivity index (χ1n) is 8.16. The Morgan fingerprint density at radius 1 is 1.17 bits per heavy atom. The lowest BCUT2D eigenvalue weighted by Gasteiger charge is -2.46. The molecule has 2 saturated carbocycles. The fraction of sp³-hybridized carbons (Fsp3) is 1.00. The van der Waals surface area contributed by atoms with Gasteiger partial charge in [0.1, 0.15) is 0 Å². The molecular weight excluding hydrogens is 218 g/mol. The number of rotatable bonds is 3. The van der Waals surface area contributed by atoms with Crippen LogP contribution >= 0.6 is 0 Å². The summed E-state index contributed by atoms with van der Waals surface area (Å²) in [6, 6.07) is 0. The van der Waals surface area contributed by atoms with Gasteiger partial charge in [-0.05, 0) is 68.4 Å². The summed E-state index contributed by atoms with van der Waals surface area (Å²) in [7, 11) is 2.13. The molecule has 0 spiro atoms. The summed E-state index contributed by atoms with van der Waals surface area (Å²) in [5.41, 5.74) is 0.593. The fourth-order valence-corrected chi connectivity index (χ4v) is 4.63. The second kappa shape index (κ2) is 5.94. The van der Waals surface area contributed by atoms with E-state index in [0.717, 1.165) is 23.7 Å². The molecule has 0 aromatic rings. The van der Waals surface area contributed by atoms with E-state index in [1.807, 2.05) is 0 Å². The van der Waals surface area contributed by atoms with Gasteiger partial charge in [0.2, 0.25) is 0 Å². The van der Waals surface area contributed by atoms with Crippen LogP contribution in [-0.2, 0) is 0 Å². The minimum atomic E-state index is 0.593. The number of hydrogen-bond acceptors (Lipinski definition) is 1. The molecule has 1 heteroatoms. The fourth-order valence-electron chi connectivity index (χ4n) is 4.63. The molecule has 2 aliphatic carbocycles. The van der Waals surface area contributed by atoms with Crippen LogP contribution in [0.2, 0.25) is 0 Å². The van der Waals surface area contributed by atoms with Gasteiger partial charge in [0.25, 0.3) is 0 Å². The quantitative estimate of drug-likeness (QED) is 0.780. The Bertz CT molecular complexity index is 258. The SMILES string of the molecule is CNCC1CCC(C)(C)CC1C1CCCC(C)C1. The highest BCUT2D eigenvalue weighted by molar-refractivity contribution is 4.90. The van der Waals surface area contributed by atoms with E-state index in [2.05, 4.69) is 33.1 Å². The first kappa shape index (κ1) is 14.4. The molecule has 2 rings (SSSR count). The predicted molar refractivity (Wildman–Crippen MR) is 79.7 cm³/mol. The lowest BCUT2D eigenvalue weighted by atomic mass is 9.60. The van der Waals surface area contributed by atoms with Crippen LogP contribution in [0.15, 0.2) is 0 Å². The summed E-state index contributed by atoms with van der Waals surface area (Å²) in [6.07, 6.45) is 10.3. The van der Waals surface area contributed by atoms with Crippen LogP contribution in [0.3, 0.4) is 0 Å². The van der Waals surface area contributed by atoms with Gasteiger partial charge in [-0.1, -0.05) is 40.0 Å². The minimum Gasteiger partial charge on any atom is -0.319 e. The van der Waals surface area contributed by atoms with Crippen molar-refractivity contribution in [2.75, 3.05) is 13.6 Å². The number of nitrogens with one attached hydrogen (secondary N) is 1. The van der Waals surface area contributed by atoms with Gasteiger partial charge in [0.05, 0.1) is 0 Å². The van der Waals surface area contributed by atoms with E-state index in [1.54, 1.807) is 0 Å². The third-order valence-electron chi connectivity index (χ3n) is 5.63. The lowest BCUT2D eigenvalue weighted by Crippen LogP contribution is -2.39. The Morgan fingerprint density at radius 3 is 2.61 bits per heavy atom. The highest BCUT2D eigenvalue weighted by Crippen LogP contribution is 2.48. The summed E-state index contributed by atoms with van der Waals surface area (Å²) >= 11 is 0. The summed E-state index contributed by atoms with van der Waals surface area (Å²) < 4.78 is 0. The van der Waals surface area contributed by atoms with Gasteiger partial charge in [-0.3, -0.25) is 0 Å². The van der Waals surface area contributed by atoms with E-state index < -0.39 is 0 Å². The molecule has 0 bridgehead atoms. The van der Waals surface area contributed by atoms with Gasteiger partial charge < -0.3 is 5.32 Å². The molecule has 18 heavy (non-hydrogen) atoms. The van der Waals surface area contributed by atoms with Crippen molar-refractivity contribution in [3.8, 4) is 0 Å². The summed E-state index contributed by atoms with van der Waals surface area (Å²) in [4.78, 5) is 0. The van der Waals surface area contributed by atoms with Gasteiger partial charge in [-0.25, -0.2) is 0 Å². The van der Waals surface area contributed by atoms with Gasteiger partial charge >= 0.3 is 0 Å². The largest absolute Gasteiger partial charge is 0.319 e. The van der Waals surface area contributed by atoms with Crippen molar-refractivity contribution in [3.63, 3.8) is 0 Å². The average molecular weight is 251 g/mol. The molecule has 4 atom stereocenters. The van der Waals surface area contributed by atoms with Crippen molar-refractivity contribution < 1.29 is 0 Å². The van der Waals surface area contributed by atoms with Crippen molar-refractivity contribution in [3.05, 3.63) is 0 Å². The predicted octanol–water partition coefficient (Wildman–Crippen LogP) is 4.47. The maximum Gasteiger partial charge on any atom is -0.00208 e. The van der Waals surface area contributed by atoms with E-state index in [1.165, 1.54) is 51.5 Å². The Hall–Kier alpha value is -0.0400. The molecule has 0 aromatic heterocycles. The molecule has 0 saturated heterocycles. The minimum absolute atomic E-state index is 0.593. The van der Waals surface area contributed by atoms with Gasteiger partial charge in [0.15, 0.2) is 0 Å². The van der Waals surface area contributed by atoms with Crippen LogP contribution < -0.4 is 5.32 Å². The Labute approximate surface area is 114 Å². The van der Waals surface area contributed by atoms with Crippen molar-refractivity contribution in [2.45, 2.75) is 65.7 Å². The average Bonchev–Trinajstić information content (AvgIpc) is 2.31. The van der Waals surface area contributed by atoms with E-state index >= 15 is 0 Å². The molecule has 4 unspecified atom stereocenters. The molecule has 0 heterocycles. The lowest BCUT2D eigenvalue weighted by molar-refractivity contribution is 0.0494. The zero-order chi connectivity index (χ0) is 13.2. The van der Waals surface area contributed by atoms with Crippen molar-refractivity contribution in [1.29, 1.82) is 0 Å². The third kappa shape index (κ3) is 3.50. The standard InChI is InChI=1S/C17H33N/c1-13-6-5-7-14(10-13)16-11-17(2,3)9-8-15(16)12-18-4/h13-16,18H,5-12H2,1-4H3. The molecule has 106 valence electrons. The molecule has 2 fully saturated rings. The van der Waals surface area contributed by atoms with Crippen LogP contribution in [0, 0.1) is 29.1 Å². The Morgan fingerprint density at radius 2 is 1.94 bits per heavy atom. The van der Waals surface area contributed by atoms with Crippen LogP contribution in [0.1, 0.15) is 65.7 Å². The van der Waals surface area contributed by atoms with Crippen LogP contribution in [0.5, 0.6) is 0 Å². The van der Waals surface area contributed by atoms with Crippen molar-refractivity contribution in [2.24, 2.45) is 29.1 Å². The topological polar surface area (TPSA) is 12.0 Å². The Balaban J connectivity index is 2.03. The van der Waals surface area contributed by atoms with Crippen LogP contribution in [0.4, 0.5) is 0 Å². The second-order valence-corrected chi connectivity index (χ2v) is 7.92. The maximum absolute atomic E-state index is 3.45. The summed E-state index contributed by atoms with van der Waals surface area (Å²) in [6.45, 7) is 8.68. The van der Waals surface area contributed by atoms with Gasteiger partial charge in [-0.15, -0.1) is 0 Å². The first-order valence-corrected chi connectivity index (χ1v) is 8.16. The highest BCUT2D eigenvalue weighted by atomic mass is 14.8. The van der Waals surface area contributed by atoms with E-state index in [9.17, 15) is 0 Å². The summed E-state index contributed by atoms with van der Waals surface area (Å²) in [5, 5.41) is 3.45. The monoisotopic (exact) mass is 251 g/mol. The van der Waals surface area contributed by atoms with Crippen molar-refractivity contribution >= 4 is 0 Å². The molecular formula is C17H33N.